The third kappa shape index (κ3) is 4.95. The third-order valence-electron chi connectivity index (χ3n) is 5.82. The van der Waals surface area contributed by atoms with Crippen LogP contribution in [0.3, 0.4) is 0 Å². The summed E-state index contributed by atoms with van der Waals surface area (Å²) < 4.78 is 13.9. The van der Waals surface area contributed by atoms with E-state index < -0.39 is 5.82 Å². The molecule has 0 saturated carbocycles. The number of carbonyl (C=O) groups excluding carboxylic acids is 1. The lowest BCUT2D eigenvalue weighted by Gasteiger charge is -2.35. The minimum atomic E-state index is -0.435. The van der Waals surface area contributed by atoms with Gasteiger partial charge in [-0.05, 0) is 37.0 Å². The Balaban J connectivity index is 1.24. The third-order valence-corrected chi connectivity index (χ3v) is 6.17. The molecule has 2 aromatic carbocycles. The first-order valence-corrected chi connectivity index (χ1v) is 10.5. The molecular weight excluding hydrogens is 391 g/mol. The maximum absolute atomic E-state index is 13.9. The molecule has 154 valence electrons. The van der Waals surface area contributed by atoms with Gasteiger partial charge in [-0.15, -0.1) is 0 Å². The maximum Gasteiger partial charge on any atom is 0.224 e. The highest BCUT2D eigenvalue weighted by molar-refractivity contribution is 6.31. The first kappa shape index (κ1) is 20.3. The maximum atomic E-state index is 13.9. The SMILES string of the molecule is O=C(Cc1c(F)cccc1Cl)NC1CCN(C2CC(c3ccccc3)NN2)CC1. The Hall–Kier alpha value is -1.99. The lowest BCUT2D eigenvalue weighted by molar-refractivity contribution is -0.121. The molecule has 3 N–H and O–H groups in total. The van der Waals surface area contributed by atoms with Crippen molar-refractivity contribution in [1.29, 1.82) is 0 Å². The van der Waals surface area contributed by atoms with E-state index in [0.29, 0.717) is 11.1 Å². The standard InChI is InChI=1S/C22H26ClFN4O/c23-18-7-4-8-19(24)17(18)13-22(29)25-16-9-11-28(12-10-16)21-14-20(26-27-21)15-5-2-1-3-6-15/h1-8,16,20-21,26-27H,9-14H2,(H,25,29). The normalized spacial score (nSPS) is 23.2. The predicted molar refractivity (Wildman–Crippen MR) is 112 cm³/mol. The van der Waals surface area contributed by atoms with Crippen molar-refractivity contribution >= 4 is 17.5 Å². The van der Waals surface area contributed by atoms with Crippen LogP contribution in [-0.2, 0) is 11.2 Å². The van der Waals surface area contributed by atoms with Crippen LogP contribution in [-0.4, -0.2) is 36.1 Å². The Kier molecular flexibility index (Phi) is 6.45. The van der Waals surface area contributed by atoms with Crippen molar-refractivity contribution in [2.24, 2.45) is 0 Å². The van der Waals surface area contributed by atoms with Crippen LogP contribution in [0.4, 0.5) is 4.39 Å². The van der Waals surface area contributed by atoms with Gasteiger partial charge in [0.15, 0.2) is 0 Å². The lowest BCUT2D eigenvalue weighted by Crippen LogP contribution is -2.51. The van der Waals surface area contributed by atoms with Gasteiger partial charge in [-0.1, -0.05) is 48.0 Å². The average Bonchev–Trinajstić information content (AvgIpc) is 3.22. The lowest BCUT2D eigenvalue weighted by atomic mass is 10.0. The number of benzene rings is 2. The van der Waals surface area contributed by atoms with Crippen LogP contribution in [0.1, 0.15) is 36.4 Å². The zero-order chi connectivity index (χ0) is 20.2. The number of carbonyl (C=O) groups is 1. The molecule has 0 spiro atoms. The zero-order valence-electron chi connectivity index (χ0n) is 16.2. The van der Waals surface area contributed by atoms with E-state index in [0.717, 1.165) is 32.4 Å². The smallest absolute Gasteiger partial charge is 0.224 e. The monoisotopic (exact) mass is 416 g/mol. The van der Waals surface area contributed by atoms with Crippen molar-refractivity contribution in [2.75, 3.05) is 13.1 Å². The number of nitrogens with zero attached hydrogens (tertiary/aromatic N) is 1. The fraction of sp³-hybridized carbons (Fsp3) is 0.409. The van der Waals surface area contributed by atoms with Gasteiger partial charge in [-0.3, -0.25) is 9.69 Å². The summed E-state index contributed by atoms with van der Waals surface area (Å²) in [5.74, 6) is -0.615. The number of halogens is 2. The molecule has 2 fully saturated rings. The Morgan fingerprint density at radius 2 is 1.86 bits per heavy atom. The van der Waals surface area contributed by atoms with Gasteiger partial charge >= 0.3 is 0 Å². The van der Waals surface area contributed by atoms with E-state index in [9.17, 15) is 9.18 Å². The molecule has 2 aliphatic rings. The van der Waals surface area contributed by atoms with Crippen LogP contribution < -0.4 is 16.2 Å². The molecule has 2 saturated heterocycles. The summed E-state index contributed by atoms with van der Waals surface area (Å²) >= 11 is 6.02. The van der Waals surface area contributed by atoms with Crippen LogP contribution in [0.2, 0.25) is 5.02 Å². The first-order valence-electron chi connectivity index (χ1n) is 10.1. The minimum absolute atomic E-state index is 0.0292. The topological polar surface area (TPSA) is 56.4 Å². The van der Waals surface area contributed by atoms with Gasteiger partial charge in [-0.25, -0.2) is 15.2 Å². The first-order chi connectivity index (χ1) is 14.1. The number of piperidine rings is 1. The van der Waals surface area contributed by atoms with E-state index in [1.807, 2.05) is 6.07 Å². The summed E-state index contributed by atoms with van der Waals surface area (Å²) in [7, 11) is 0. The van der Waals surface area contributed by atoms with E-state index in [1.165, 1.54) is 11.6 Å². The van der Waals surface area contributed by atoms with E-state index in [-0.39, 0.29) is 30.1 Å². The largest absolute Gasteiger partial charge is 0.353 e. The molecule has 0 radical (unpaired) electrons. The summed E-state index contributed by atoms with van der Waals surface area (Å²) in [6, 6.07) is 15.4. The Bertz CT molecular complexity index is 822. The molecule has 4 rings (SSSR count). The van der Waals surface area contributed by atoms with Gasteiger partial charge in [-0.2, -0.15) is 0 Å². The van der Waals surface area contributed by atoms with Crippen molar-refractivity contribution in [3.63, 3.8) is 0 Å². The Morgan fingerprint density at radius 3 is 2.59 bits per heavy atom. The fourth-order valence-corrected chi connectivity index (χ4v) is 4.41. The van der Waals surface area contributed by atoms with Crippen molar-refractivity contribution < 1.29 is 9.18 Å². The number of likely N-dealkylation sites (tertiary alicyclic amines) is 1. The van der Waals surface area contributed by atoms with Gasteiger partial charge in [0.1, 0.15) is 5.82 Å². The molecular formula is C22H26ClFN4O. The Labute approximate surface area is 175 Å². The highest BCUT2D eigenvalue weighted by atomic mass is 35.5. The van der Waals surface area contributed by atoms with Crippen LogP contribution in [0.25, 0.3) is 0 Å². The van der Waals surface area contributed by atoms with Gasteiger partial charge in [0, 0.05) is 35.8 Å². The molecule has 1 amide bonds. The van der Waals surface area contributed by atoms with Crippen LogP contribution >= 0.6 is 11.6 Å². The molecule has 2 atom stereocenters. The van der Waals surface area contributed by atoms with Crippen molar-refractivity contribution in [1.82, 2.24) is 21.1 Å². The molecule has 29 heavy (non-hydrogen) atoms. The van der Waals surface area contributed by atoms with Crippen LogP contribution in [0.15, 0.2) is 48.5 Å². The van der Waals surface area contributed by atoms with Crippen molar-refractivity contribution in [2.45, 2.75) is 43.9 Å². The number of hydrogen-bond acceptors (Lipinski definition) is 4. The van der Waals surface area contributed by atoms with Gasteiger partial charge in [0.25, 0.3) is 0 Å². The average molecular weight is 417 g/mol. The minimum Gasteiger partial charge on any atom is -0.353 e. The highest BCUT2D eigenvalue weighted by Crippen LogP contribution is 2.25. The molecule has 5 nitrogen and oxygen atoms in total. The highest BCUT2D eigenvalue weighted by Gasteiger charge is 2.32. The molecule has 2 heterocycles. The van der Waals surface area contributed by atoms with Crippen LogP contribution in [0.5, 0.6) is 0 Å². The predicted octanol–water partition coefficient (Wildman–Crippen LogP) is 3.17. The number of hydrazine groups is 1. The van der Waals surface area contributed by atoms with Gasteiger partial charge in [0.2, 0.25) is 5.91 Å². The summed E-state index contributed by atoms with van der Waals surface area (Å²) in [5.41, 5.74) is 8.35. The van der Waals surface area contributed by atoms with Crippen molar-refractivity contribution in [3.05, 3.63) is 70.5 Å². The molecule has 0 aliphatic carbocycles. The second-order valence-electron chi connectivity index (χ2n) is 7.76. The fourth-order valence-electron chi connectivity index (χ4n) is 4.18. The summed E-state index contributed by atoms with van der Waals surface area (Å²) in [4.78, 5) is 14.8. The van der Waals surface area contributed by atoms with Crippen molar-refractivity contribution in [3.8, 4) is 0 Å². The number of rotatable bonds is 5. The number of nitrogens with one attached hydrogen (secondary N) is 3. The van der Waals surface area contributed by atoms with Gasteiger partial charge in [0.05, 0.1) is 12.6 Å². The quantitative estimate of drug-likeness (QED) is 0.700. The Morgan fingerprint density at radius 1 is 1.10 bits per heavy atom. The number of amides is 1. The molecule has 2 unspecified atom stereocenters. The molecule has 2 aromatic rings. The summed E-state index contributed by atoms with van der Waals surface area (Å²) in [5, 5.41) is 3.33. The summed E-state index contributed by atoms with van der Waals surface area (Å²) in [6.45, 7) is 1.82. The molecule has 0 bridgehead atoms. The van der Waals surface area contributed by atoms with E-state index in [2.05, 4.69) is 45.3 Å². The molecule has 7 heteroatoms. The van der Waals surface area contributed by atoms with Gasteiger partial charge < -0.3 is 5.32 Å². The summed E-state index contributed by atoms with van der Waals surface area (Å²) in [6.07, 6.45) is 3.02. The number of hydrogen-bond donors (Lipinski definition) is 3. The molecule has 2 aliphatic heterocycles. The van der Waals surface area contributed by atoms with Crippen LogP contribution in [0, 0.1) is 5.82 Å². The van der Waals surface area contributed by atoms with E-state index >= 15 is 0 Å². The molecule has 0 aromatic heterocycles. The van der Waals surface area contributed by atoms with E-state index in [4.69, 9.17) is 11.6 Å². The second kappa shape index (κ2) is 9.22. The second-order valence-corrected chi connectivity index (χ2v) is 8.17. The van der Waals surface area contributed by atoms with E-state index in [1.54, 1.807) is 12.1 Å². The zero-order valence-corrected chi connectivity index (χ0v) is 17.0.